The minimum Gasteiger partial charge on any atom is -0.462 e. The lowest BCUT2D eigenvalue weighted by atomic mass is 10.0. The zero-order chi connectivity index (χ0) is 17.8. The van der Waals surface area contributed by atoms with Crippen molar-refractivity contribution in [2.24, 2.45) is 0 Å². The summed E-state index contributed by atoms with van der Waals surface area (Å²) in [7, 11) is 2.06. The number of anilines is 1. The molecule has 1 aromatic carbocycles. The number of hydrogen-bond acceptors (Lipinski definition) is 5. The fraction of sp³-hybridized carbons (Fsp3) is 0.368. The highest BCUT2D eigenvalue weighted by atomic mass is 35.5. The molecule has 2 heterocycles. The van der Waals surface area contributed by atoms with Crippen LogP contribution in [0.5, 0.6) is 0 Å². The molecule has 1 N–H and O–H groups in total. The van der Waals surface area contributed by atoms with Crippen molar-refractivity contribution in [1.29, 1.82) is 0 Å². The number of carbonyl (C=O) groups excluding carboxylic acids is 2. The van der Waals surface area contributed by atoms with E-state index in [9.17, 15) is 9.59 Å². The molecule has 0 saturated heterocycles. The molecule has 0 spiro atoms. The number of likely N-dealkylation sites (N-methyl/N-ethyl adjacent to an activating group) is 1. The second kappa shape index (κ2) is 9.16. The quantitative estimate of drug-likeness (QED) is 0.788. The van der Waals surface area contributed by atoms with Gasteiger partial charge in [-0.3, -0.25) is 4.79 Å². The monoisotopic (exact) mass is 394 g/mol. The van der Waals surface area contributed by atoms with Crippen molar-refractivity contribution in [2.75, 3.05) is 25.5 Å². The largest absolute Gasteiger partial charge is 0.462 e. The van der Waals surface area contributed by atoms with E-state index in [0.29, 0.717) is 17.2 Å². The van der Waals surface area contributed by atoms with Crippen LogP contribution in [0.1, 0.15) is 33.3 Å². The Labute approximate surface area is 163 Å². The van der Waals surface area contributed by atoms with E-state index < -0.39 is 0 Å². The Kier molecular flexibility index (Phi) is 7.20. The van der Waals surface area contributed by atoms with E-state index in [1.54, 1.807) is 6.92 Å². The van der Waals surface area contributed by atoms with Crippen LogP contribution in [-0.4, -0.2) is 37.0 Å². The van der Waals surface area contributed by atoms with Gasteiger partial charge in [-0.1, -0.05) is 30.3 Å². The number of halogens is 1. The smallest absolute Gasteiger partial charge is 0.341 e. The van der Waals surface area contributed by atoms with Crippen molar-refractivity contribution < 1.29 is 14.3 Å². The second-order valence-electron chi connectivity index (χ2n) is 6.13. The first-order valence-corrected chi connectivity index (χ1v) is 9.24. The van der Waals surface area contributed by atoms with E-state index in [0.717, 1.165) is 35.5 Å². The summed E-state index contributed by atoms with van der Waals surface area (Å²) in [4.78, 5) is 28.2. The van der Waals surface area contributed by atoms with E-state index in [1.807, 2.05) is 30.3 Å². The highest BCUT2D eigenvalue weighted by Crippen LogP contribution is 2.37. The number of hydrogen-bond donors (Lipinski definition) is 1. The molecular formula is C19H23ClN2O3S. The van der Waals surface area contributed by atoms with Crippen LogP contribution in [0.4, 0.5) is 5.00 Å². The summed E-state index contributed by atoms with van der Waals surface area (Å²) in [5.41, 5.74) is 2.51. The van der Waals surface area contributed by atoms with Crippen LogP contribution in [0.2, 0.25) is 0 Å². The van der Waals surface area contributed by atoms with E-state index in [-0.39, 0.29) is 30.7 Å². The zero-order valence-electron chi connectivity index (χ0n) is 14.9. The number of fused-ring (bicyclic) bond motifs is 1. The summed E-state index contributed by atoms with van der Waals surface area (Å²) >= 11 is 1.48. The van der Waals surface area contributed by atoms with Gasteiger partial charge >= 0.3 is 5.97 Å². The van der Waals surface area contributed by atoms with Gasteiger partial charge in [0.1, 0.15) is 5.00 Å². The molecule has 0 unspecified atom stereocenters. The van der Waals surface area contributed by atoms with Gasteiger partial charge in [-0.15, -0.1) is 23.7 Å². The van der Waals surface area contributed by atoms with Gasteiger partial charge in [0.15, 0.2) is 0 Å². The van der Waals surface area contributed by atoms with Gasteiger partial charge in [-0.2, -0.15) is 0 Å². The molecule has 1 amide bonds. The van der Waals surface area contributed by atoms with Gasteiger partial charge in [0.2, 0.25) is 5.91 Å². The number of nitrogens with zero attached hydrogens (tertiary/aromatic N) is 1. The Balaban J connectivity index is 0.00000243. The second-order valence-corrected chi connectivity index (χ2v) is 7.23. The molecule has 140 valence electrons. The van der Waals surface area contributed by atoms with Gasteiger partial charge in [0.05, 0.1) is 18.6 Å². The predicted octanol–water partition coefficient (Wildman–Crippen LogP) is 3.52. The number of rotatable bonds is 5. The normalized spacial score (nSPS) is 13.5. The highest BCUT2D eigenvalue weighted by molar-refractivity contribution is 7.17. The lowest BCUT2D eigenvalue weighted by Crippen LogP contribution is -2.26. The number of carbonyl (C=O) groups is 2. The Morgan fingerprint density at radius 3 is 2.69 bits per heavy atom. The van der Waals surface area contributed by atoms with Gasteiger partial charge in [-0.25, -0.2) is 4.79 Å². The SMILES string of the molecule is CCOC(=O)c1c(NC(=O)Cc2ccccc2)sc2c1CCN(C)C2.Cl. The van der Waals surface area contributed by atoms with E-state index in [1.165, 1.54) is 11.3 Å². The molecule has 2 aromatic rings. The Hall–Kier alpha value is -1.89. The third kappa shape index (κ3) is 4.63. The Morgan fingerprint density at radius 2 is 2.00 bits per heavy atom. The van der Waals surface area contributed by atoms with Crippen LogP contribution in [-0.2, 0) is 28.9 Å². The molecule has 7 heteroatoms. The van der Waals surface area contributed by atoms with Crippen molar-refractivity contribution in [3.05, 3.63) is 51.9 Å². The number of benzene rings is 1. The van der Waals surface area contributed by atoms with Crippen LogP contribution in [0, 0.1) is 0 Å². The van der Waals surface area contributed by atoms with Crippen molar-refractivity contribution in [2.45, 2.75) is 26.3 Å². The van der Waals surface area contributed by atoms with Gasteiger partial charge < -0.3 is 15.0 Å². The first kappa shape index (κ1) is 20.4. The summed E-state index contributed by atoms with van der Waals surface area (Å²) < 4.78 is 5.22. The molecule has 0 atom stereocenters. The zero-order valence-corrected chi connectivity index (χ0v) is 16.5. The molecule has 0 bridgehead atoms. The first-order valence-electron chi connectivity index (χ1n) is 8.42. The molecule has 0 radical (unpaired) electrons. The molecule has 1 aliphatic heterocycles. The highest BCUT2D eigenvalue weighted by Gasteiger charge is 2.28. The number of thiophene rings is 1. The minimum atomic E-state index is -0.348. The van der Waals surface area contributed by atoms with Crippen LogP contribution in [0.25, 0.3) is 0 Å². The third-order valence-electron chi connectivity index (χ3n) is 4.19. The molecule has 26 heavy (non-hydrogen) atoms. The molecule has 0 saturated carbocycles. The summed E-state index contributed by atoms with van der Waals surface area (Å²) in [5, 5.41) is 3.54. The molecule has 1 aliphatic rings. The maximum Gasteiger partial charge on any atom is 0.341 e. The topological polar surface area (TPSA) is 58.6 Å². The van der Waals surface area contributed by atoms with Crippen molar-refractivity contribution in [3.63, 3.8) is 0 Å². The van der Waals surface area contributed by atoms with Gasteiger partial charge in [0, 0.05) is 18.0 Å². The van der Waals surface area contributed by atoms with E-state index in [4.69, 9.17) is 4.74 Å². The van der Waals surface area contributed by atoms with E-state index in [2.05, 4.69) is 17.3 Å². The lowest BCUT2D eigenvalue weighted by Gasteiger charge is -2.22. The molecule has 3 rings (SSSR count). The lowest BCUT2D eigenvalue weighted by molar-refractivity contribution is -0.115. The number of amides is 1. The summed E-state index contributed by atoms with van der Waals surface area (Å²) in [6.07, 6.45) is 1.08. The van der Waals surface area contributed by atoms with E-state index >= 15 is 0 Å². The van der Waals surface area contributed by atoms with Crippen molar-refractivity contribution >= 4 is 40.6 Å². The fourth-order valence-electron chi connectivity index (χ4n) is 2.99. The molecular weight excluding hydrogens is 372 g/mol. The maximum absolute atomic E-state index is 12.4. The molecule has 0 aliphatic carbocycles. The third-order valence-corrected chi connectivity index (χ3v) is 5.32. The molecule has 1 aromatic heterocycles. The number of ether oxygens (including phenoxy) is 1. The van der Waals surface area contributed by atoms with Crippen molar-refractivity contribution in [1.82, 2.24) is 4.90 Å². The van der Waals surface area contributed by atoms with Gasteiger partial charge in [-0.05, 0) is 31.5 Å². The molecule has 0 fully saturated rings. The maximum atomic E-state index is 12.4. The fourth-order valence-corrected chi connectivity index (χ4v) is 4.32. The summed E-state index contributed by atoms with van der Waals surface area (Å²) in [5.74, 6) is -0.469. The van der Waals surface area contributed by atoms with Crippen molar-refractivity contribution in [3.8, 4) is 0 Å². The van der Waals surface area contributed by atoms with Crippen LogP contribution in [0.15, 0.2) is 30.3 Å². The minimum absolute atomic E-state index is 0. The standard InChI is InChI=1S/C19H22N2O3S.ClH/c1-3-24-19(23)17-14-9-10-21(2)12-15(14)25-18(17)20-16(22)11-13-7-5-4-6-8-13;/h4-8H,3,9-12H2,1-2H3,(H,20,22);1H. The average Bonchev–Trinajstić information content (AvgIpc) is 2.92. The Bertz CT molecular complexity index is 777. The summed E-state index contributed by atoms with van der Waals surface area (Å²) in [6, 6.07) is 9.57. The number of esters is 1. The summed E-state index contributed by atoms with van der Waals surface area (Å²) in [6.45, 7) is 3.80. The average molecular weight is 395 g/mol. The first-order chi connectivity index (χ1) is 12.1. The van der Waals surface area contributed by atoms with Crippen LogP contribution < -0.4 is 5.32 Å². The molecule has 5 nitrogen and oxygen atoms in total. The van der Waals surface area contributed by atoms with Crippen LogP contribution in [0.3, 0.4) is 0 Å². The van der Waals surface area contributed by atoms with Crippen LogP contribution >= 0.6 is 23.7 Å². The number of nitrogens with one attached hydrogen (secondary N) is 1. The Morgan fingerprint density at radius 1 is 1.27 bits per heavy atom. The van der Waals surface area contributed by atoms with Gasteiger partial charge in [0.25, 0.3) is 0 Å². The predicted molar refractivity (Wildman–Crippen MR) is 106 cm³/mol.